The number of nitrogens with two attached hydrogens (primary N) is 1. The van der Waals surface area contributed by atoms with Gasteiger partial charge >= 0.3 is 0 Å². The van der Waals surface area contributed by atoms with Gasteiger partial charge in [-0.25, -0.2) is 0 Å². The van der Waals surface area contributed by atoms with Crippen LogP contribution in [0.5, 0.6) is 0 Å². The first-order chi connectivity index (χ1) is 9.90. The SMILES string of the molecule is CC(C)(C)NC(=O)CC(CN)N1CCC[C@H]2CCCC[C@H]21. The summed E-state index contributed by atoms with van der Waals surface area (Å²) < 4.78 is 0. The van der Waals surface area contributed by atoms with Crippen LogP contribution in [0.4, 0.5) is 0 Å². The summed E-state index contributed by atoms with van der Waals surface area (Å²) in [5.41, 5.74) is 5.85. The van der Waals surface area contributed by atoms with Crippen LogP contribution < -0.4 is 11.1 Å². The molecule has 1 heterocycles. The zero-order chi connectivity index (χ0) is 15.5. The van der Waals surface area contributed by atoms with E-state index in [0.717, 1.165) is 12.5 Å². The zero-order valence-electron chi connectivity index (χ0n) is 14.0. The summed E-state index contributed by atoms with van der Waals surface area (Å²) in [6.07, 6.45) is 8.55. The summed E-state index contributed by atoms with van der Waals surface area (Å²) in [7, 11) is 0. The largest absolute Gasteiger partial charge is 0.351 e. The monoisotopic (exact) mass is 295 g/mol. The van der Waals surface area contributed by atoms with Crippen LogP contribution in [0.25, 0.3) is 0 Å². The average molecular weight is 295 g/mol. The van der Waals surface area contributed by atoms with Gasteiger partial charge in [-0.3, -0.25) is 9.69 Å². The third-order valence-electron chi connectivity index (χ3n) is 4.96. The molecule has 21 heavy (non-hydrogen) atoms. The van der Waals surface area contributed by atoms with E-state index < -0.39 is 0 Å². The summed E-state index contributed by atoms with van der Waals surface area (Å²) in [4.78, 5) is 14.8. The second kappa shape index (κ2) is 7.10. The number of fused-ring (bicyclic) bond motifs is 1. The van der Waals surface area contributed by atoms with E-state index in [1.807, 2.05) is 20.8 Å². The molecule has 1 saturated heterocycles. The number of amides is 1. The van der Waals surface area contributed by atoms with Gasteiger partial charge < -0.3 is 11.1 Å². The number of nitrogens with zero attached hydrogens (tertiary/aromatic N) is 1. The van der Waals surface area contributed by atoms with Crippen molar-refractivity contribution in [3.05, 3.63) is 0 Å². The van der Waals surface area contributed by atoms with Crippen LogP contribution in [0.2, 0.25) is 0 Å². The van der Waals surface area contributed by atoms with Crippen molar-refractivity contribution in [2.75, 3.05) is 13.1 Å². The highest BCUT2D eigenvalue weighted by Gasteiger charge is 2.36. The molecule has 0 radical (unpaired) electrons. The molecule has 0 aromatic heterocycles. The molecule has 1 amide bonds. The quantitative estimate of drug-likeness (QED) is 0.836. The molecule has 1 unspecified atom stereocenters. The first-order valence-corrected chi connectivity index (χ1v) is 8.67. The lowest BCUT2D eigenvalue weighted by Crippen LogP contribution is -2.55. The molecule has 0 spiro atoms. The van der Waals surface area contributed by atoms with E-state index in [9.17, 15) is 4.79 Å². The number of nitrogens with one attached hydrogen (secondary N) is 1. The van der Waals surface area contributed by atoms with Gasteiger partial charge in [0.1, 0.15) is 0 Å². The van der Waals surface area contributed by atoms with Crippen molar-refractivity contribution in [2.24, 2.45) is 11.7 Å². The van der Waals surface area contributed by atoms with Gasteiger partial charge in [-0.2, -0.15) is 0 Å². The van der Waals surface area contributed by atoms with E-state index in [0.29, 0.717) is 19.0 Å². The molecule has 4 heteroatoms. The highest BCUT2D eigenvalue weighted by Crippen LogP contribution is 2.36. The minimum Gasteiger partial charge on any atom is -0.351 e. The predicted octanol–water partition coefficient (Wildman–Crippen LogP) is 2.27. The summed E-state index contributed by atoms with van der Waals surface area (Å²) in [5, 5.41) is 3.07. The maximum Gasteiger partial charge on any atom is 0.222 e. The van der Waals surface area contributed by atoms with Crippen molar-refractivity contribution in [3.8, 4) is 0 Å². The maximum atomic E-state index is 12.2. The third-order valence-corrected chi connectivity index (χ3v) is 4.96. The Morgan fingerprint density at radius 1 is 1.24 bits per heavy atom. The fourth-order valence-corrected chi connectivity index (χ4v) is 4.14. The predicted molar refractivity (Wildman–Crippen MR) is 87.0 cm³/mol. The lowest BCUT2D eigenvalue weighted by Gasteiger charge is -2.47. The normalized spacial score (nSPS) is 28.8. The Morgan fingerprint density at radius 3 is 2.57 bits per heavy atom. The number of carbonyl (C=O) groups excluding carboxylic acids is 1. The van der Waals surface area contributed by atoms with Gasteiger partial charge in [-0.05, 0) is 58.9 Å². The second-order valence-electron chi connectivity index (χ2n) is 7.88. The Bertz CT molecular complexity index is 348. The number of rotatable bonds is 4. The molecule has 122 valence electrons. The number of hydrogen-bond acceptors (Lipinski definition) is 3. The summed E-state index contributed by atoms with van der Waals surface area (Å²) in [5.74, 6) is 0.975. The van der Waals surface area contributed by atoms with Gasteiger partial charge in [0.25, 0.3) is 0 Å². The van der Waals surface area contributed by atoms with Crippen LogP contribution in [0, 0.1) is 5.92 Å². The van der Waals surface area contributed by atoms with Crippen molar-refractivity contribution in [2.45, 2.75) is 83.3 Å². The van der Waals surface area contributed by atoms with Crippen molar-refractivity contribution in [1.82, 2.24) is 10.2 Å². The van der Waals surface area contributed by atoms with E-state index in [2.05, 4.69) is 10.2 Å². The molecule has 3 atom stereocenters. The zero-order valence-corrected chi connectivity index (χ0v) is 14.0. The lowest BCUT2D eigenvalue weighted by atomic mass is 9.77. The van der Waals surface area contributed by atoms with E-state index in [1.165, 1.54) is 38.5 Å². The number of likely N-dealkylation sites (tertiary alicyclic amines) is 1. The molecule has 1 aliphatic heterocycles. The third kappa shape index (κ3) is 4.68. The van der Waals surface area contributed by atoms with Crippen molar-refractivity contribution < 1.29 is 4.79 Å². The van der Waals surface area contributed by atoms with Gasteiger partial charge in [0.2, 0.25) is 5.91 Å². The van der Waals surface area contributed by atoms with Gasteiger partial charge in [-0.1, -0.05) is 12.8 Å². The van der Waals surface area contributed by atoms with E-state index >= 15 is 0 Å². The number of carbonyl (C=O) groups is 1. The molecule has 2 aliphatic rings. The molecule has 3 N–H and O–H groups in total. The fourth-order valence-electron chi connectivity index (χ4n) is 4.14. The number of hydrogen-bond donors (Lipinski definition) is 2. The van der Waals surface area contributed by atoms with Crippen LogP contribution in [0.3, 0.4) is 0 Å². The number of piperidine rings is 1. The summed E-state index contributed by atoms with van der Waals surface area (Å²) in [6, 6.07) is 0.877. The van der Waals surface area contributed by atoms with Crippen LogP contribution in [-0.2, 0) is 4.79 Å². The van der Waals surface area contributed by atoms with Crippen LogP contribution in [0.15, 0.2) is 0 Å². The van der Waals surface area contributed by atoms with Crippen molar-refractivity contribution in [3.63, 3.8) is 0 Å². The van der Waals surface area contributed by atoms with E-state index in [4.69, 9.17) is 5.73 Å². The Hall–Kier alpha value is -0.610. The Labute approximate surface area is 129 Å². The lowest BCUT2D eigenvalue weighted by molar-refractivity contribution is -0.124. The van der Waals surface area contributed by atoms with Gasteiger partial charge in [0.15, 0.2) is 0 Å². The molecule has 0 aromatic carbocycles. The standard InChI is InChI=1S/C17H33N3O/c1-17(2,3)19-16(21)11-14(12-18)20-10-6-8-13-7-4-5-9-15(13)20/h13-15H,4-12,18H2,1-3H3,(H,19,21)/t13-,14?,15-/m1/s1. The van der Waals surface area contributed by atoms with Gasteiger partial charge in [0, 0.05) is 30.6 Å². The fraction of sp³-hybridized carbons (Fsp3) is 0.941. The van der Waals surface area contributed by atoms with Gasteiger partial charge in [0.05, 0.1) is 0 Å². The Kier molecular flexibility index (Phi) is 5.67. The maximum absolute atomic E-state index is 12.2. The topological polar surface area (TPSA) is 58.4 Å². The Balaban J connectivity index is 1.97. The van der Waals surface area contributed by atoms with Crippen LogP contribution in [-0.4, -0.2) is 41.5 Å². The molecule has 2 rings (SSSR count). The van der Waals surface area contributed by atoms with E-state index in [1.54, 1.807) is 0 Å². The highest BCUT2D eigenvalue weighted by atomic mass is 16.1. The van der Waals surface area contributed by atoms with Crippen LogP contribution >= 0.6 is 0 Å². The van der Waals surface area contributed by atoms with Crippen molar-refractivity contribution in [1.29, 1.82) is 0 Å². The summed E-state index contributed by atoms with van der Waals surface area (Å²) >= 11 is 0. The minimum absolute atomic E-state index is 0.135. The molecule has 0 bridgehead atoms. The van der Waals surface area contributed by atoms with E-state index in [-0.39, 0.29) is 17.5 Å². The smallest absolute Gasteiger partial charge is 0.222 e. The second-order valence-corrected chi connectivity index (χ2v) is 7.88. The molecular formula is C17H33N3O. The minimum atomic E-state index is -0.161. The first kappa shape index (κ1) is 16.8. The Morgan fingerprint density at radius 2 is 1.90 bits per heavy atom. The van der Waals surface area contributed by atoms with Crippen LogP contribution in [0.1, 0.15) is 65.7 Å². The highest BCUT2D eigenvalue weighted by molar-refractivity contribution is 5.77. The first-order valence-electron chi connectivity index (χ1n) is 8.67. The molecule has 1 aliphatic carbocycles. The molecule has 2 fully saturated rings. The molecule has 1 saturated carbocycles. The molecule has 4 nitrogen and oxygen atoms in total. The summed E-state index contributed by atoms with van der Waals surface area (Å²) in [6.45, 7) is 7.79. The molecule has 0 aromatic rings. The van der Waals surface area contributed by atoms with Crippen molar-refractivity contribution >= 4 is 5.91 Å². The van der Waals surface area contributed by atoms with Gasteiger partial charge in [-0.15, -0.1) is 0 Å². The molecular weight excluding hydrogens is 262 g/mol. The average Bonchev–Trinajstić information content (AvgIpc) is 2.42.